The molecule has 0 radical (unpaired) electrons. The molecule has 0 saturated carbocycles. The largest absolute Gasteiger partial charge is 0.391 e. The second-order valence-corrected chi connectivity index (χ2v) is 7.36. The summed E-state index contributed by atoms with van der Waals surface area (Å²) < 4.78 is 0. The standard InChI is InChI=1S/C16H25N5OS/c1-2-5-23-9-12-7-21(8-13(12)22)4-3-11-6-18-15-14(11)19-10-20-16(15)17/h6,10,12-13,18,22H,2-5,7-9H2,1H3,(H2,17,19,20)/t12-,13+/m1/s1. The van der Waals surface area contributed by atoms with E-state index in [-0.39, 0.29) is 6.10 Å². The van der Waals surface area contributed by atoms with Crippen LogP contribution in [0.25, 0.3) is 11.0 Å². The minimum Gasteiger partial charge on any atom is -0.391 e. The Balaban J connectivity index is 1.55. The highest BCUT2D eigenvalue weighted by Gasteiger charge is 2.30. The number of hydrogen-bond acceptors (Lipinski definition) is 6. The van der Waals surface area contributed by atoms with Gasteiger partial charge in [-0.25, -0.2) is 9.97 Å². The highest BCUT2D eigenvalue weighted by Crippen LogP contribution is 2.23. The Hall–Kier alpha value is -1.31. The Labute approximate surface area is 140 Å². The number of fused-ring (bicyclic) bond motifs is 1. The van der Waals surface area contributed by atoms with Crippen molar-refractivity contribution in [3.63, 3.8) is 0 Å². The second-order valence-electron chi connectivity index (χ2n) is 6.21. The molecule has 0 unspecified atom stereocenters. The summed E-state index contributed by atoms with van der Waals surface area (Å²) in [6, 6.07) is 0. The van der Waals surface area contributed by atoms with E-state index in [9.17, 15) is 5.11 Å². The molecule has 0 aromatic carbocycles. The number of β-amino-alcohol motifs (C(OH)–C–C–N with tert-alkyl or cyclic N) is 1. The van der Waals surface area contributed by atoms with Crippen LogP contribution in [0.2, 0.25) is 0 Å². The molecule has 1 aliphatic rings. The zero-order chi connectivity index (χ0) is 16.2. The van der Waals surface area contributed by atoms with Crippen molar-refractivity contribution in [2.24, 2.45) is 5.92 Å². The highest BCUT2D eigenvalue weighted by atomic mass is 32.2. The van der Waals surface area contributed by atoms with Crippen molar-refractivity contribution in [3.8, 4) is 0 Å². The number of rotatable bonds is 7. The normalized spacial score (nSPS) is 22.2. The van der Waals surface area contributed by atoms with Crippen LogP contribution in [0.15, 0.2) is 12.5 Å². The van der Waals surface area contributed by atoms with Gasteiger partial charge in [-0.15, -0.1) is 0 Å². The number of aliphatic hydroxyl groups excluding tert-OH is 1. The number of aromatic amines is 1. The molecule has 0 bridgehead atoms. The molecule has 6 nitrogen and oxygen atoms in total. The molecule has 2 aromatic rings. The molecule has 3 heterocycles. The van der Waals surface area contributed by atoms with Crippen LogP contribution in [-0.2, 0) is 6.42 Å². The predicted octanol–water partition coefficient (Wildman–Crippen LogP) is 1.52. The first-order valence-corrected chi connectivity index (χ1v) is 9.39. The van der Waals surface area contributed by atoms with Gasteiger partial charge in [-0.05, 0) is 29.9 Å². The molecular formula is C16H25N5OS. The highest BCUT2D eigenvalue weighted by molar-refractivity contribution is 7.99. The van der Waals surface area contributed by atoms with Crippen LogP contribution in [0.4, 0.5) is 5.82 Å². The van der Waals surface area contributed by atoms with Crippen LogP contribution in [0.3, 0.4) is 0 Å². The van der Waals surface area contributed by atoms with Crippen LogP contribution >= 0.6 is 11.8 Å². The quantitative estimate of drug-likeness (QED) is 0.665. The average Bonchev–Trinajstić information content (AvgIpc) is 3.10. The molecule has 23 heavy (non-hydrogen) atoms. The van der Waals surface area contributed by atoms with E-state index in [0.29, 0.717) is 11.7 Å². The van der Waals surface area contributed by atoms with Crippen LogP contribution in [0, 0.1) is 5.92 Å². The zero-order valence-electron chi connectivity index (χ0n) is 13.5. The van der Waals surface area contributed by atoms with Gasteiger partial charge < -0.3 is 20.7 Å². The Morgan fingerprint density at radius 2 is 2.30 bits per heavy atom. The number of nitrogen functional groups attached to an aromatic ring is 1. The molecule has 0 spiro atoms. The topological polar surface area (TPSA) is 91.1 Å². The van der Waals surface area contributed by atoms with Crippen LogP contribution in [-0.4, -0.2) is 62.2 Å². The summed E-state index contributed by atoms with van der Waals surface area (Å²) in [5.74, 6) is 3.13. The maximum Gasteiger partial charge on any atom is 0.151 e. The monoisotopic (exact) mass is 335 g/mol. The maximum absolute atomic E-state index is 10.2. The number of aromatic nitrogens is 3. The average molecular weight is 335 g/mol. The number of H-pyrrole nitrogens is 1. The summed E-state index contributed by atoms with van der Waals surface area (Å²) in [6.45, 7) is 4.89. The molecule has 7 heteroatoms. The van der Waals surface area contributed by atoms with Gasteiger partial charge in [-0.2, -0.15) is 11.8 Å². The Kier molecular flexibility index (Phi) is 5.40. The minimum atomic E-state index is -0.194. The van der Waals surface area contributed by atoms with Crippen molar-refractivity contribution in [2.75, 3.05) is 36.9 Å². The first kappa shape index (κ1) is 16.5. The van der Waals surface area contributed by atoms with E-state index in [0.717, 1.165) is 48.4 Å². The minimum absolute atomic E-state index is 0.194. The molecular weight excluding hydrogens is 310 g/mol. The summed E-state index contributed by atoms with van der Waals surface area (Å²) in [6.07, 6.45) is 5.38. The number of hydrogen-bond donors (Lipinski definition) is 3. The zero-order valence-corrected chi connectivity index (χ0v) is 14.4. The van der Waals surface area contributed by atoms with Crippen molar-refractivity contribution < 1.29 is 5.11 Å². The number of thioether (sulfide) groups is 1. The summed E-state index contributed by atoms with van der Waals surface area (Å²) >= 11 is 1.95. The number of nitrogens with one attached hydrogen (secondary N) is 1. The maximum atomic E-state index is 10.2. The Bertz CT molecular complexity index is 646. The number of likely N-dealkylation sites (tertiary alicyclic amines) is 1. The summed E-state index contributed by atoms with van der Waals surface area (Å²) in [5.41, 5.74) is 8.74. The van der Waals surface area contributed by atoms with Gasteiger partial charge in [0.25, 0.3) is 0 Å². The van der Waals surface area contributed by atoms with Crippen LogP contribution in [0.5, 0.6) is 0 Å². The van der Waals surface area contributed by atoms with Gasteiger partial charge in [0.2, 0.25) is 0 Å². The van der Waals surface area contributed by atoms with Gasteiger partial charge >= 0.3 is 0 Å². The molecule has 2 atom stereocenters. The third-order valence-electron chi connectivity index (χ3n) is 4.43. The number of nitrogens with two attached hydrogens (primary N) is 1. The summed E-state index contributed by atoms with van der Waals surface area (Å²) in [5, 5.41) is 10.2. The molecule has 0 amide bonds. The van der Waals surface area contributed by atoms with E-state index in [4.69, 9.17) is 5.73 Å². The molecule has 1 fully saturated rings. The Morgan fingerprint density at radius 3 is 3.13 bits per heavy atom. The number of nitrogens with zero attached hydrogens (tertiary/aromatic N) is 3. The molecule has 2 aromatic heterocycles. The van der Waals surface area contributed by atoms with Gasteiger partial charge in [-0.3, -0.25) is 0 Å². The second kappa shape index (κ2) is 7.51. The summed E-state index contributed by atoms with van der Waals surface area (Å²) in [7, 11) is 0. The number of aliphatic hydroxyl groups is 1. The lowest BCUT2D eigenvalue weighted by atomic mass is 10.1. The smallest absolute Gasteiger partial charge is 0.151 e. The van der Waals surface area contributed by atoms with E-state index in [2.05, 4.69) is 26.8 Å². The van der Waals surface area contributed by atoms with E-state index < -0.39 is 0 Å². The fourth-order valence-electron chi connectivity index (χ4n) is 3.15. The third kappa shape index (κ3) is 3.79. The Morgan fingerprint density at radius 1 is 1.43 bits per heavy atom. The van der Waals surface area contributed by atoms with Crippen LogP contribution in [0.1, 0.15) is 18.9 Å². The molecule has 4 N–H and O–H groups in total. The SMILES string of the molecule is CCCSC[C@H]1CN(CCc2c[nH]c3c(N)ncnc23)C[C@@H]1O. The van der Waals surface area contributed by atoms with Crippen molar-refractivity contribution in [2.45, 2.75) is 25.9 Å². The van der Waals surface area contributed by atoms with Crippen molar-refractivity contribution >= 4 is 28.6 Å². The fraction of sp³-hybridized carbons (Fsp3) is 0.625. The van der Waals surface area contributed by atoms with Gasteiger partial charge in [0, 0.05) is 31.7 Å². The molecule has 1 saturated heterocycles. The first-order valence-electron chi connectivity index (χ1n) is 8.23. The van der Waals surface area contributed by atoms with E-state index in [1.807, 2.05) is 18.0 Å². The van der Waals surface area contributed by atoms with E-state index in [1.165, 1.54) is 18.5 Å². The summed E-state index contributed by atoms with van der Waals surface area (Å²) in [4.78, 5) is 13.9. The molecule has 126 valence electrons. The van der Waals surface area contributed by atoms with Crippen molar-refractivity contribution in [1.29, 1.82) is 0 Å². The van der Waals surface area contributed by atoms with Crippen LogP contribution < -0.4 is 5.73 Å². The lowest BCUT2D eigenvalue weighted by Crippen LogP contribution is -2.24. The lowest BCUT2D eigenvalue weighted by molar-refractivity contribution is 0.150. The molecule has 3 rings (SSSR count). The number of anilines is 1. The van der Waals surface area contributed by atoms with E-state index >= 15 is 0 Å². The predicted molar refractivity (Wildman–Crippen MR) is 95.6 cm³/mol. The van der Waals surface area contributed by atoms with Gasteiger partial charge in [-0.1, -0.05) is 6.92 Å². The molecule has 1 aliphatic heterocycles. The fourth-order valence-corrected chi connectivity index (χ4v) is 4.23. The molecule has 0 aliphatic carbocycles. The third-order valence-corrected chi connectivity index (χ3v) is 5.79. The van der Waals surface area contributed by atoms with Gasteiger partial charge in [0.1, 0.15) is 11.8 Å². The van der Waals surface area contributed by atoms with Crippen molar-refractivity contribution in [3.05, 3.63) is 18.1 Å². The lowest BCUT2D eigenvalue weighted by Gasteiger charge is -2.15. The van der Waals surface area contributed by atoms with Crippen molar-refractivity contribution in [1.82, 2.24) is 19.9 Å². The van der Waals surface area contributed by atoms with Gasteiger partial charge in [0.15, 0.2) is 5.82 Å². The first-order chi connectivity index (χ1) is 11.2. The van der Waals surface area contributed by atoms with E-state index in [1.54, 1.807) is 0 Å². The van der Waals surface area contributed by atoms with Gasteiger partial charge in [0.05, 0.1) is 11.6 Å².